The number of benzene rings is 1. The first-order valence-electron chi connectivity index (χ1n) is 5.79. The van der Waals surface area contributed by atoms with Gasteiger partial charge >= 0.3 is 0 Å². The second-order valence-corrected chi connectivity index (χ2v) is 7.29. The summed E-state index contributed by atoms with van der Waals surface area (Å²) in [7, 11) is -3.37. The molecule has 0 saturated carbocycles. The van der Waals surface area contributed by atoms with E-state index < -0.39 is 9.84 Å². The molecule has 18 heavy (non-hydrogen) atoms. The maximum atomic E-state index is 11.9. The van der Waals surface area contributed by atoms with Crippen molar-refractivity contribution in [3.63, 3.8) is 0 Å². The molecule has 0 saturated heterocycles. The van der Waals surface area contributed by atoms with Gasteiger partial charge in [0.1, 0.15) is 0 Å². The number of carbonyl (C=O) groups is 1. The molecule has 0 spiro atoms. The van der Waals surface area contributed by atoms with Crippen LogP contribution in [-0.4, -0.2) is 25.6 Å². The van der Waals surface area contributed by atoms with Crippen LogP contribution in [-0.2, 0) is 14.6 Å². The highest BCUT2D eigenvalue weighted by atomic mass is 32.2. The summed E-state index contributed by atoms with van der Waals surface area (Å²) in [4.78, 5) is 11.8. The SMILES string of the molecule is CC(C)(C)NC(=O)CCS(=O)(=O)c1ccccc1. The second kappa shape index (κ2) is 5.52. The van der Waals surface area contributed by atoms with Gasteiger partial charge in [0.2, 0.25) is 5.91 Å². The van der Waals surface area contributed by atoms with E-state index in [0.29, 0.717) is 0 Å². The number of hydrogen-bond donors (Lipinski definition) is 1. The minimum absolute atomic E-state index is 0.0193. The Balaban J connectivity index is 2.61. The van der Waals surface area contributed by atoms with Crippen LogP contribution in [0, 0.1) is 0 Å². The molecule has 0 fully saturated rings. The standard InChI is InChI=1S/C13H19NO3S/c1-13(2,3)14-12(15)9-10-18(16,17)11-7-5-4-6-8-11/h4-8H,9-10H2,1-3H3,(H,14,15). The topological polar surface area (TPSA) is 63.2 Å². The molecule has 5 heteroatoms. The normalized spacial score (nSPS) is 12.2. The number of carbonyl (C=O) groups excluding carboxylic acids is 1. The molecule has 0 atom stereocenters. The number of nitrogens with one attached hydrogen (secondary N) is 1. The molecule has 0 radical (unpaired) electrons. The summed E-state index contributed by atoms with van der Waals surface area (Å²) in [5.41, 5.74) is -0.340. The second-order valence-electron chi connectivity index (χ2n) is 5.18. The first-order chi connectivity index (χ1) is 8.21. The Hall–Kier alpha value is -1.36. The molecule has 1 rings (SSSR count). The highest BCUT2D eigenvalue weighted by molar-refractivity contribution is 7.91. The average Bonchev–Trinajstić information content (AvgIpc) is 2.26. The Morgan fingerprint density at radius 2 is 1.72 bits per heavy atom. The van der Waals surface area contributed by atoms with Crippen LogP contribution in [0.1, 0.15) is 27.2 Å². The molecular formula is C13H19NO3S. The van der Waals surface area contributed by atoms with E-state index in [1.54, 1.807) is 18.2 Å². The highest BCUT2D eigenvalue weighted by Crippen LogP contribution is 2.11. The lowest BCUT2D eigenvalue weighted by molar-refractivity contribution is -0.122. The van der Waals surface area contributed by atoms with Gasteiger partial charge in [-0.1, -0.05) is 18.2 Å². The average molecular weight is 269 g/mol. The Bertz CT molecular complexity index is 501. The van der Waals surface area contributed by atoms with Crippen LogP contribution in [0.5, 0.6) is 0 Å². The molecule has 1 aromatic rings. The highest BCUT2D eigenvalue weighted by Gasteiger charge is 2.18. The van der Waals surface area contributed by atoms with E-state index in [2.05, 4.69) is 5.32 Å². The van der Waals surface area contributed by atoms with Crippen LogP contribution in [0.4, 0.5) is 0 Å². The van der Waals surface area contributed by atoms with E-state index in [1.165, 1.54) is 12.1 Å². The zero-order valence-corrected chi connectivity index (χ0v) is 11.8. The summed E-state index contributed by atoms with van der Waals surface area (Å²) >= 11 is 0. The third-order valence-corrected chi connectivity index (χ3v) is 3.95. The van der Waals surface area contributed by atoms with Gasteiger partial charge in [-0.3, -0.25) is 4.79 Å². The first kappa shape index (κ1) is 14.7. The Labute approximate surface area is 108 Å². The fraction of sp³-hybridized carbons (Fsp3) is 0.462. The maximum absolute atomic E-state index is 11.9. The van der Waals surface area contributed by atoms with Crippen LogP contribution in [0.25, 0.3) is 0 Å². The summed E-state index contributed by atoms with van der Waals surface area (Å²) in [6.07, 6.45) is -0.0193. The minimum Gasteiger partial charge on any atom is -0.351 e. The Morgan fingerprint density at radius 1 is 1.17 bits per heavy atom. The van der Waals surface area contributed by atoms with Crippen molar-refractivity contribution in [2.75, 3.05) is 5.75 Å². The molecule has 100 valence electrons. The largest absolute Gasteiger partial charge is 0.351 e. The van der Waals surface area contributed by atoms with Crippen molar-refractivity contribution in [1.82, 2.24) is 5.32 Å². The summed E-state index contributed by atoms with van der Waals surface area (Å²) in [6.45, 7) is 5.57. The number of sulfone groups is 1. The van der Waals surface area contributed by atoms with Gasteiger partial charge < -0.3 is 5.32 Å². The molecule has 0 aliphatic heterocycles. The van der Waals surface area contributed by atoms with Crippen LogP contribution < -0.4 is 5.32 Å². The summed E-state index contributed by atoms with van der Waals surface area (Å²) in [5, 5.41) is 2.74. The molecule has 0 bridgehead atoms. The van der Waals surface area contributed by atoms with Crippen LogP contribution >= 0.6 is 0 Å². The molecule has 1 amide bonds. The maximum Gasteiger partial charge on any atom is 0.221 e. The van der Waals surface area contributed by atoms with Crippen molar-refractivity contribution >= 4 is 15.7 Å². The van der Waals surface area contributed by atoms with E-state index in [-0.39, 0.29) is 28.5 Å². The lowest BCUT2D eigenvalue weighted by Crippen LogP contribution is -2.41. The quantitative estimate of drug-likeness (QED) is 0.906. The molecule has 0 aliphatic carbocycles. The minimum atomic E-state index is -3.37. The van der Waals surface area contributed by atoms with E-state index >= 15 is 0 Å². The van der Waals surface area contributed by atoms with Crippen molar-refractivity contribution in [3.05, 3.63) is 30.3 Å². The van der Waals surface area contributed by atoms with Crippen molar-refractivity contribution < 1.29 is 13.2 Å². The van der Waals surface area contributed by atoms with Gasteiger partial charge in [0.25, 0.3) is 0 Å². The molecule has 0 aromatic heterocycles. The summed E-state index contributed by atoms with van der Waals surface area (Å²) in [6, 6.07) is 8.17. The predicted octanol–water partition coefficient (Wildman–Crippen LogP) is 1.77. The zero-order chi connectivity index (χ0) is 13.8. The fourth-order valence-electron chi connectivity index (χ4n) is 1.45. The molecular weight excluding hydrogens is 250 g/mol. The van der Waals surface area contributed by atoms with Gasteiger partial charge in [0, 0.05) is 12.0 Å². The third kappa shape index (κ3) is 4.87. The summed E-state index contributed by atoms with van der Waals surface area (Å²) in [5.74, 6) is -0.416. The van der Waals surface area contributed by atoms with Gasteiger partial charge in [-0.25, -0.2) is 8.42 Å². The van der Waals surface area contributed by atoms with E-state index in [4.69, 9.17) is 0 Å². The number of amides is 1. The van der Waals surface area contributed by atoms with Gasteiger partial charge in [-0.2, -0.15) is 0 Å². The molecule has 1 N–H and O–H groups in total. The molecule has 4 nitrogen and oxygen atoms in total. The Kier molecular flexibility index (Phi) is 4.51. The summed E-state index contributed by atoms with van der Waals surface area (Å²) < 4.78 is 23.8. The molecule has 0 aliphatic rings. The molecule has 0 heterocycles. The van der Waals surface area contributed by atoms with Crippen molar-refractivity contribution in [3.8, 4) is 0 Å². The lowest BCUT2D eigenvalue weighted by Gasteiger charge is -2.20. The predicted molar refractivity (Wildman–Crippen MR) is 71.0 cm³/mol. The van der Waals surface area contributed by atoms with Crippen molar-refractivity contribution in [2.24, 2.45) is 0 Å². The smallest absolute Gasteiger partial charge is 0.221 e. The monoisotopic (exact) mass is 269 g/mol. The van der Waals surface area contributed by atoms with Gasteiger partial charge in [-0.05, 0) is 32.9 Å². The van der Waals surface area contributed by atoms with Crippen molar-refractivity contribution in [2.45, 2.75) is 37.6 Å². The fourth-order valence-corrected chi connectivity index (χ4v) is 2.72. The van der Waals surface area contributed by atoms with E-state index in [1.807, 2.05) is 20.8 Å². The number of hydrogen-bond acceptors (Lipinski definition) is 3. The van der Waals surface area contributed by atoms with E-state index in [9.17, 15) is 13.2 Å². The number of rotatable bonds is 4. The van der Waals surface area contributed by atoms with Gasteiger partial charge in [0.05, 0.1) is 10.6 Å². The first-order valence-corrected chi connectivity index (χ1v) is 7.45. The van der Waals surface area contributed by atoms with Crippen LogP contribution in [0.15, 0.2) is 35.2 Å². The van der Waals surface area contributed by atoms with E-state index in [0.717, 1.165) is 0 Å². The molecule has 1 aromatic carbocycles. The van der Waals surface area contributed by atoms with Crippen molar-refractivity contribution in [1.29, 1.82) is 0 Å². The Morgan fingerprint density at radius 3 is 2.22 bits per heavy atom. The van der Waals surface area contributed by atoms with Crippen LogP contribution in [0.2, 0.25) is 0 Å². The lowest BCUT2D eigenvalue weighted by atomic mass is 10.1. The third-order valence-electron chi connectivity index (χ3n) is 2.21. The molecule has 0 unspecified atom stereocenters. The van der Waals surface area contributed by atoms with Gasteiger partial charge in [-0.15, -0.1) is 0 Å². The zero-order valence-electron chi connectivity index (χ0n) is 10.9. The van der Waals surface area contributed by atoms with Gasteiger partial charge in [0.15, 0.2) is 9.84 Å². The van der Waals surface area contributed by atoms with Crippen LogP contribution in [0.3, 0.4) is 0 Å².